The molecule has 1 aliphatic heterocycles. The molecule has 0 radical (unpaired) electrons. The van der Waals surface area contributed by atoms with Gasteiger partial charge in [0.15, 0.2) is 0 Å². The van der Waals surface area contributed by atoms with Crippen LogP contribution in [0.4, 0.5) is 5.69 Å². The lowest BCUT2D eigenvalue weighted by atomic mass is 9.90. The average molecular weight is 637 g/mol. The van der Waals surface area contributed by atoms with Gasteiger partial charge in [-0.15, -0.1) is 0 Å². The largest absolute Gasteiger partial charge is 0.461 e. The van der Waals surface area contributed by atoms with Gasteiger partial charge < -0.3 is 18.8 Å². The maximum Gasteiger partial charge on any atom is 0.338 e. The second kappa shape index (κ2) is 13.6. The Bertz CT molecular complexity index is 1610. The minimum absolute atomic E-state index is 0.0277. The summed E-state index contributed by atoms with van der Waals surface area (Å²) < 4.78 is 18.9. The summed E-state index contributed by atoms with van der Waals surface area (Å²) in [6.45, 7) is 15.4. The molecule has 0 amide bonds. The topological polar surface area (TPSA) is 72.0 Å². The standard InChI is InChI=1S/C34H40BrN2O5/c1-7-36(8-2)23-15-17-27-29(21-23)42-30-22-24(37(9-3)10-4)16-18-28(30)31(27)25-13-11-12-14-26(25)32(38)40-19-20-41-33(39)34(5,6)35/h11-18,21-22H,7-10,19-20H2,1-6H3/q+1. The molecule has 0 saturated heterocycles. The molecule has 0 saturated carbocycles. The van der Waals surface area contributed by atoms with Gasteiger partial charge in [-0.1, -0.05) is 34.1 Å². The number of halogens is 1. The van der Waals surface area contributed by atoms with E-state index in [9.17, 15) is 9.59 Å². The van der Waals surface area contributed by atoms with Crippen LogP contribution in [0.1, 0.15) is 51.9 Å². The third-order valence-corrected chi connectivity index (χ3v) is 7.72. The molecule has 0 spiro atoms. The lowest BCUT2D eigenvalue weighted by molar-refractivity contribution is -0.146. The van der Waals surface area contributed by atoms with Crippen molar-refractivity contribution in [2.45, 2.75) is 45.9 Å². The fourth-order valence-electron chi connectivity index (χ4n) is 5.13. The van der Waals surface area contributed by atoms with Gasteiger partial charge in [-0.05, 0) is 71.4 Å². The van der Waals surface area contributed by atoms with Gasteiger partial charge in [0.05, 0.1) is 11.6 Å². The molecule has 8 heteroatoms. The Balaban J connectivity index is 1.85. The highest BCUT2D eigenvalue weighted by atomic mass is 79.9. The molecule has 1 heterocycles. The molecule has 0 atom stereocenters. The average Bonchev–Trinajstić information content (AvgIpc) is 2.98. The first-order valence-corrected chi connectivity index (χ1v) is 15.4. The number of ether oxygens (including phenoxy) is 2. The van der Waals surface area contributed by atoms with Gasteiger partial charge in [-0.3, -0.25) is 4.79 Å². The summed E-state index contributed by atoms with van der Waals surface area (Å²) in [5.41, 5.74) is 4.81. The molecule has 2 aliphatic rings. The monoisotopic (exact) mass is 635 g/mol. The molecule has 222 valence electrons. The molecule has 0 fully saturated rings. The predicted octanol–water partition coefficient (Wildman–Crippen LogP) is 6.74. The number of carbonyl (C=O) groups is 2. The number of nitrogens with zero attached hydrogens (tertiary/aromatic N) is 2. The highest BCUT2D eigenvalue weighted by Gasteiger charge is 2.26. The van der Waals surface area contributed by atoms with Crippen LogP contribution in [-0.4, -0.2) is 55.7 Å². The Hall–Kier alpha value is -3.65. The van der Waals surface area contributed by atoms with Gasteiger partial charge in [0.25, 0.3) is 0 Å². The molecule has 4 rings (SSSR count). The van der Waals surface area contributed by atoms with E-state index in [-0.39, 0.29) is 13.2 Å². The van der Waals surface area contributed by atoms with E-state index in [4.69, 9.17) is 13.9 Å². The number of esters is 2. The van der Waals surface area contributed by atoms with Gasteiger partial charge in [0, 0.05) is 47.4 Å². The van der Waals surface area contributed by atoms with Gasteiger partial charge in [-0.25, -0.2) is 9.37 Å². The summed E-state index contributed by atoms with van der Waals surface area (Å²) in [5.74, 6) is -0.162. The molecule has 2 aromatic rings. The first-order chi connectivity index (χ1) is 20.1. The van der Waals surface area contributed by atoms with Crippen LogP contribution < -0.4 is 14.8 Å². The fourth-order valence-corrected chi connectivity index (χ4v) is 5.24. The van der Waals surface area contributed by atoms with Crippen LogP contribution in [-0.2, 0) is 14.3 Å². The molecular weight excluding hydrogens is 596 g/mol. The van der Waals surface area contributed by atoms with Crippen molar-refractivity contribution in [1.82, 2.24) is 4.58 Å². The highest BCUT2D eigenvalue weighted by molar-refractivity contribution is 9.10. The fraction of sp³-hybridized carbons (Fsp3) is 0.382. The van der Waals surface area contributed by atoms with Crippen LogP contribution >= 0.6 is 15.9 Å². The van der Waals surface area contributed by atoms with Crippen LogP contribution in [0, 0.1) is 0 Å². The van der Waals surface area contributed by atoms with E-state index in [1.54, 1.807) is 19.9 Å². The van der Waals surface area contributed by atoms with Gasteiger partial charge in [0.2, 0.25) is 5.36 Å². The molecular formula is C34H40BrN2O5+. The van der Waals surface area contributed by atoms with Crippen molar-refractivity contribution >= 4 is 44.5 Å². The smallest absolute Gasteiger partial charge is 0.338 e. The lowest BCUT2D eigenvalue weighted by Gasteiger charge is -2.22. The van der Waals surface area contributed by atoms with Crippen molar-refractivity contribution in [3.8, 4) is 22.5 Å². The van der Waals surface area contributed by atoms with E-state index in [0.717, 1.165) is 70.6 Å². The van der Waals surface area contributed by atoms with Gasteiger partial charge >= 0.3 is 11.9 Å². The SMILES string of the molecule is CCN(CC)c1ccc2c(-c3ccccc3C(=O)OCCOC(=O)C(C)(C)Br)c3ccc(=[N+](CC)CC)cc-3oc2c1. The van der Waals surface area contributed by atoms with Crippen molar-refractivity contribution in [1.29, 1.82) is 0 Å². The van der Waals surface area contributed by atoms with E-state index in [1.807, 2.05) is 18.2 Å². The van der Waals surface area contributed by atoms with E-state index in [0.29, 0.717) is 5.56 Å². The normalized spacial score (nSPS) is 11.5. The number of benzene rings is 3. The number of rotatable bonds is 11. The Kier molecular flexibility index (Phi) is 10.1. The molecule has 2 aromatic carbocycles. The zero-order valence-electron chi connectivity index (χ0n) is 25.3. The number of fused-ring (bicyclic) bond motifs is 2. The van der Waals surface area contributed by atoms with Crippen LogP contribution in [0.3, 0.4) is 0 Å². The first-order valence-electron chi connectivity index (χ1n) is 14.6. The van der Waals surface area contributed by atoms with E-state index >= 15 is 0 Å². The van der Waals surface area contributed by atoms with Crippen molar-refractivity contribution in [3.05, 3.63) is 71.6 Å². The zero-order valence-corrected chi connectivity index (χ0v) is 26.9. The summed E-state index contributed by atoms with van der Waals surface area (Å²) in [6.07, 6.45) is 0. The molecule has 0 unspecified atom stereocenters. The van der Waals surface area contributed by atoms with Crippen LogP contribution in [0.15, 0.2) is 65.1 Å². The molecule has 0 aromatic heterocycles. The minimum Gasteiger partial charge on any atom is -0.461 e. The number of anilines is 1. The number of hydrogen-bond donors (Lipinski definition) is 0. The van der Waals surface area contributed by atoms with Crippen molar-refractivity contribution in [2.24, 2.45) is 0 Å². The van der Waals surface area contributed by atoms with Crippen LogP contribution in [0.25, 0.3) is 33.4 Å². The van der Waals surface area contributed by atoms with Crippen molar-refractivity contribution in [2.75, 3.05) is 44.3 Å². The molecule has 0 bridgehead atoms. The summed E-state index contributed by atoms with van der Waals surface area (Å²) in [7, 11) is 0. The molecule has 7 nitrogen and oxygen atoms in total. The van der Waals surface area contributed by atoms with E-state index in [1.165, 1.54) is 0 Å². The lowest BCUT2D eigenvalue weighted by Crippen LogP contribution is -2.29. The van der Waals surface area contributed by atoms with E-state index in [2.05, 4.69) is 89.5 Å². The zero-order chi connectivity index (χ0) is 30.4. The number of alkyl halides is 1. The molecule has 0 N–H and O–H groups in total. The summed E-state index contributed by atoms with van der Waals surface area (Å²) in [6, 6.07) is 20.0. The van der Waals surface area contributed by atoms with E-state index < -0.39 is 16.3 Å². The minimum atomic E-state index is -0.805. The third kappa shape index (κ3) is 6.70. The maximum absolute atomic E-state index is 13.4. The molecule has 42 heavy (non-hydrogen) atoms. The van der Waals surface area contributed by atoms with Gasteiger partial charge in [-0.2, -0.15) is 0 Å². The number of carbonyl (C=O) groups excluding carboxylic acids is 2. The summed E-state index contributed by atoms with van der Waals surface area (Å²) >= 11 is 3.28. The Labute approximate surface area is 256 Å². The Morgan fingerprint density at radius 2 is 1.57 bits per heavy atom. The Morgan fingerprint density at radius 3 is 2.24 bits per heavy atom. The van der Waals surface area contributed by atoms with Crippen molar-refractivity contribution in [3.63, 3.8) is 0 Å². The van der Waals surface area contributed by atoms with Crippen molar-refractivity contribution < 1.29 is 23.5 Å². The second-order valence-corrected chi connectivity index (χ2v) is 12.5. The molecule has 1 aliphatic carbocycles. The third-order valence-electron chi connectivity index (χ3n) is 7.40. The van der Waals surface area contributed by atoms with Gasteiger partial charge in [0.1, 0.15) is 42.0 Å². The first kappa shape index (κ1) is 31.3. The maximum atomic E-state index is 13.4. The number of hydrogen-bond acceptors (Lipinski definition) is 6. The summed E-state index contributed by atoms with van der Waals surface area (Å²) in [4.78, 5) is 27.7. The second-order valence-electron chi connectivity index (χ2n) is 10.5. The quantitative estimate of drug-likeness (QED) is 0.0598. The van der Waals surface area contributed by atoms with Crippen LogP contribution in [0.5, 0.6) is 0 Å². The van der Waals surface area contributed by atoms with Crippen LogP contribution in [0.2, 0.25) is 0 Å². The summed E-state index contributed by atoms with van der Waals surface area (Å²) in [5, 5.41) is 1.98. The predicted molar refractivity (Wildman–Crippen MR) is 172 cm³/mol. The highest BCUT2D eigenvalue weighted by Crippen LogP contribution is 2.42. The Morgan fingerprint density at radius 1 is 0.881 bits per heavy atom.